The quantitative estimate of drug-likeness (QED) is 0.846. The smallest absolute Gasteiger partial charge is 0.335 e. The van der Waals surface area contributed by atoms with E-state index < -0.39 is 5.97 Å². The zero-order chi connectivity index (χ0) is 13.1. The highest BCUT2D eigenvalue weighted by Crippen LogP contribution is 2.55. The number of nitrogens with zero attached hydrogens (tertiary/aromatic N) is 1. The molecule has 5 atom stereocenters. The van der Waals surface area contributed by atoms with Crippen molar-refractivity contribution in [2.24, 2.45) is 17.8 Å². The SMILES string of the molecule is O=C(O)c1ccc(N2CC3CC4CC3C2C4O)cc1. The van der Waals surface area contributed by atoms with Crippen LogP contribution in [0.1, 0.15) is 23.2 Å². The van der Waals surface area contributed by atoms with Gasteiger partial charge in [0.05, 0.1) is 17.7 Å². The van der Waals surface area contributed by atoms with E-state index in [2.05, 4.69) is 4.90 Å². The van der Waals surface area contributed by atoms with Crippen molar-refractivity contribution in [3.05, 3.63) is 29.8 Å². The molecule has 1 aliphatic heterocycles. The van der Waals surface area contributed by atoms with Crippen LogP contribution in [0.25, 0.3) is 0 Å². The Kier molecular flexibility index (Phi) is 2.22. The van der Waals surface area contributed by atoms with Crippen molar-refractivity contribution in [2.45, 2.75) is 25.0 Å². The number of carbonyl (C=O) groups is 1. The molecular weight excluding hydrogens is 242 g/mol. The molecule has 0 radical (unpaired) electrons. The van der Waals surface area contributed by atoms with Crippen molar-refractivity contribution in [2.75, 3.05) is 11.4 Å². The Labute approximate surface area is 111 Å². The van der Waals surface area contributed by atoms with Crippen LogP contribution in [0.15, 0.2) is 24.3 Å². The first-order valence-corrected chi connectivity index (χ1v) is 6.93. The fraction of sp³-hybridized carbons (Fsp3) is 0.533. The van der Waals surface area contributed by atoms with E-state index in [-0.39, 0.29) is 12.1 Å². The van der Waals surface area contributed by atoms with Crippen molar-refractivity contribution < 1.29 is 15.0 Å². The molecule has 2 saturated carbocycles. The maximum atomic E-state index is 10.9. The summed E-state index contributed by atoms with van der Waals surface area (Å²) in [6.45, 7) is 1.01. The lowest BCUT2D eigenvalue weighted by Crippen LogP contribution is -2.40. The summed E-state index contributed by atoms with van der Waals surface area (Å²) in [6, 6.07) is 7.29. The highest BCUT2D eigenvalue weighted by Gasteiger charge is 2.58. The second kappa shape index (κ2) is 3.73. The van der Waals surface area contributed by atoms with E-state index in [4.69, 9.17) is 5.11 Å². The Hall–Kier alpha value is -1.55. The molecule has 2 N–H and O–H groups in total. The summed E-state index contributed by atoms with van der Waals surface area (Å²) in [5.41, 5.74) is 1.36. The summed E-state index contributed by atoms with van der Waals surface area (Å²) < 4.78 is 0. The maximum absolute atomic E-state index is 10.9. The normalized spacial score (nSPS) is 39.0. The van der Waals surface area contributed by atoms with Crippen LogP contribution in [0.4, 0.5) is 5.69 Å². The van der Waals surface area contributed by atoms with Crippen molar-refractivity contribution in [1.29, 1.82) is 0 Å². The number of carboxylic acids is 1. The van der Waals surface area contributed by atoms with Crippen molar-refractivity contribution in [1.82, 2.24) is 0 Å². The van der Waals surface area contributed by atoms with Gasteiger partial charge < -0.3 is 15.1 Å². The van der Waals surface area contributed by atoms with Gasteiger partial charge in [-0.15, -0.1) is 0 Å². The minimum atomic E-state index is -0.894. The van der Waals surface area contributed by atoms with Crippen LogP contribution >= 0.6 is 0 Å². The molecule has 0 aromatic heterocycles. The van der Waals surface area contributed by atoms with Gasteiger partial charge in [0.1, 0.15) is 0 Å². The predicted molar refractivity (Wildman–Crippen MR) is 70.2 cm³/mol. The van der Waals surface area contributed by atoms with Crippen molar-refractivity contribution >= 4 is 11.7 Å². The van der Waals surface area contributed by atoms with E-state index in [0.717, 1.165) is 24.6 Å². The lowest BCUT2D eigenvalue weighted by molar-refractivity contribution is 0.0697. The van der Waals surface area contributed by atoms with Gasteiger partial charge in [-0.1, -0.05) is 0 Å². The largest absolute Gasteiger partial charge is 0.478 e. The van der Waals surface area contributed by atoms with E-state index in [0.29, 0.717) is 17.4 Å². The number of carboxylic acid groups (broad SMARTS) is 1. The van der Waals surface area contributed by atoms with Gasteiger partial charge in [-0.05, 0) is 54.9 Å². The molecule has 4 heteroatoms. The number of aliphatic hydroxyl groups excluding tert-OH is 1. The Morgan fingerprint density at radius 3 is 2.53 bits per heavy atom. The average Bonchev–Trinajstić information content (AvgIpc) is 3.00. The molecule has 2 aliphatic carbocycles. The van der Waals surface area contributed by atoms with E-state index in [1.807, 2.05) is 12.1 Å². The van der Waals surface area contributed by atoms with Crippen molar-refractivity contribution in [3.63, 3.8) is 0 Å². The van der Waals surface area contributed by atoms with E-state index >= 15 is 0 Å². The monoisotopic (exact) mass is 259 g/mol. The first-order valence-electron chi connectivity index (χ1n) is 6.93. The molecule has 1 heterocycles. The number of anilines is 1. The van der Waals surface area contributed by atoms with Crippen LogP contribution in [-0.4, -0.2) is 34.9 Å². The van der Waals surface area contributed by atoms with Gasteiger partial charge in [-0.2, -0.15) is 0 Å². The van der Waals surface area contributed by atoms with Crippen LogP contribution in [0.2, 0.25) is 0 Å². The standard InChI is InChI=1S/C15H17NO3/c17-14-9-5-10-7-16(13(14)12(10)6-9)11-3-1-8(2-4-11)15(18)19/h1-4,9-10,12-14,17H,5-7H2,(H,18,19). The third-order valence-electron chi connectivity index (χ3n) is 5.29. The van der Waals surface area contributed by atoms with E-state index in [1.54, 1.807) is 12.1 Å². The zero-order valence-corrected chi connectivity index (χ0v) is 10.6. The summed E-state index contributed by atoms with van der Waals surface area (Å²) in [5.74, 6) is 0.953. The van der Waals surface area contributed by atoms with Gasteiger partial charge in [0, 0.05) is 12.2 Å². The highest BCUT2D eigenvalue weighted by atomic mass is 16.4. The molecule has 4 nitrogen and oxygen atoms in total. The van der Waals surface area contributed by atoms with Crippen LogP contribution in [0.3, 0.4) is 0 Å². The summed E-state index contributed by atoms with van der Waals surface area (Å²) in [6.07, 6.45) is 2.12. The van der Waals surface area contributed by atoms with Gasteiger partial charge in [0.25, 0.3) is 0 Å². The predicted octanol–water partition coefficient (Wildman–Crippen LogP) is 1.59. The molecule has 19 heavy (non-hydrogen) atoms. The maximum Gasteiger partial charge on any atom is 0.335 e. The molecule has 3 aliphatic rings. The Morgan fingerprint density at radius 2 is 1.89 bits per heavy atom. The topological polar surface area (TPSA) is 60.8 Å². The highest BCUT2D eigenvalue weighted by molar-refractivity contribution is 5.88. The van der Waals surface area contributed by atoms with Gasteiger partial charge >= 0.3 is 5.97 Å². The van der Waals surface area contributed by atoms with E-state index in [9.17, 15) is 9.90 Å². The van der Waals surface area contributed by atoms with Crippen LogP contribution in [-0.2, 0) is 0 Å². The van der Waals surface area contributed by atoms with Gasteiger partial charge in [0.15, 0.2) is 0 Å². The molecule has 1 saturated heterocycles. The molecule has 0 spiro atoms. The fourth-order valence-corrected chi connectivity index (χ4v) is 4.50. The average molecular weight is 259 g/mol. The van der Waals surface area contributed by atoms with Gasteiger partial charge in [-0.25, -0.2) is 4.79 Å². The number of fused-ring (bicyclic) bond motifs is 1. The number of hydrogen-bond acceptors (Lipinski definition) is 3. The molecule has 1 aromatic rings. The molecule has 2 bridgehead atoms. The molecular formula is C15H17NO3. The molecule has 0 amide bonds. The molecule has 1 aromatic carbocycles. The Bertz CT molecular complexity index is 525. The number of benzene rings is 1. The fourth-order valence-electron chi connectivity index (χ4n) is 4.50. The Balaban J connectivity index is 1.65. The van der Waals surface area contributed by atoms with Crippen molar-refractivity contribution in [3.8, 4) is 0 Å². The van der Waals surface area contributed by atoms with Crippen LogP contribution < -0.4 is 4.90 Å². The summed E-state index contributed by atoms with van der Waals surface area (Å²) in [4.78, 5) is 13.2. The van der Waals surface area contributed by atoms with Crippen LogP contribution in [0, 0.1) is 17.8 Å². The second-order valence-electron chi connectivity index (χ2n) is 6.14. The lowest BCUT2D eigenvalue weighted by atomic mass is 9.88. The summed E-state index contributed by atoms with van der Waals surface area (Å²) >= 11 is 0. The lowest BCUT2D eigenvalue weighted by Gasteiger charge is -2.30. The number of aromatic carboxylic acids is 1. The molecule has 5 unspecified atom stereocenters. The second-order valence-corrected chi connectivity index (χ2v) is 6.14. The first-order chi connectivity index (χ1) is 9.15. The van der Waals surface area contributed by atoms with Crippen LogP contribution in [0.5, 0.6) is 0 Å². The zero-order valence-electron chi connectivity index (χ0n) is 10.6. The Morgan fingerprint density at radius 1 is 1.16 bits per heavy atom. The summed E-state index contributed by atoms with van der Waals surface area (Å²) in [7, 11) is 0. The molecule has 3 fully saturated rings. The van der Waals surface area contributed by atoms with E-state index in [1.165, 1.54) is 6.42 Å². The van der Waals surface area contributed by atoms with Gasteiger partial charge in [0.2, 0.25) is 0 Å². The number of rotatable bonds is 2. The van der Waals surface area contributed by atoms with Gasteiger partial charge in [-0.3, -0.25) is 0 Å². The first kappa shape index (κ1) is 11.3. The minimum Gasteiger partial charge on any atom is -0.478 e. The third kappa shape index (κ3) is 1.46. The summed E-state index contributed by atoms with van der Waals surface area (Å²) in [5, 5.41) is 19.3. The number of hydrogen-bond donors (Lipinski definition) is 2. The number of aliphatic hydroxyl groups is 1. The minimum absolute atomic E-state index is 0.206. The third-order valence-corrected chi connectivity index (χ3v) is 5.29. The molecule has 4 rings (SSSR count). The molecule has 100 valence electrons.